The van der Waals surface area contributed by atoms with E-state index in [4.69, 9.17) is 5.53 Å². The van der Waals surface area contributed by atoms with Gasteiger partial charge in [0, 0.05) is 31.4 Å². The van der Waals surface area contributed by atoms with E-state index >= 15 is 0 Å². The van der Waals surface area contributed by atoms with Crippen molar-refractivity contribution in [3.05, 3.63) is 22.8 Å². The maximum Gasteiger partial charge on any atom is 0.181 e. The van der Waals surface area contributed by atoms with Crippen LogP contribution in [-0.4, -0.2) is 30.2 Å². The average molecular weight is 139 g/mol. The number of hydrogen-bond acceptors (Lipinski definition) is 3. The van der Waals surface area contributed by atoms with Crippen molar-refractivity contribution in [1.29, 1.82) is 0 Å². The summed E-state index contributed by atoms with van der Waals surface area (Å²) in [4.78, 5) is 6.39. The molecule has 0 N–H and O–H groups in total. The molecule has 54 valence electrons. The SMILES string of the molecule is CN1C=CN(C)C1N=[N+]=[N-]. The van der Waals surface area contributed by atoms with Gasteiger partial charge in [-0.15, -0.1) is 0 Å². The molecule has 1 aliphatic heterocycles. The molecule has 5 heteroatoms. The normalized spacial score (nSPS) is 17.8. The molecule has 0 bridgehead atoms. The molecule has 5 nitrogen and oxygen atoms in total. The summed E-state index contributed by atoms with van der Waals surface area (Å²) in [5, 5.41) is 3.56. The van der Waals surface area contributed by atoms with Crippen molar-refractivity contribution in [2.75, 3.05) is 14.1 Å². The zero-order valence-corrected chi connectivity index (χ0v) is 5.97. The molecule has 0 radical (unpaired) electrons. The summed E-state index contributed by atoms with van der Waals surface area (Å²) in [6.07, 6.45) is 3.53. The summed E-state index contributed by atoms with van der Waals surface area (Å²) >= 11 is 0. The van der Waals surface area contributed by atoms with E-state index in [1.54, 1.807) is 0 Å². The summed E-state index contributed by atoms with van der Waals surface area (Å²) in [6.45, 7) is 0. The van der Waals surface area contributed by atoms with Gasteiger partial charge in [-0.2, -0.15) is 0 Å². The molecule has 0 fully saturated rings. The maximum atomic E-state index is 8.14. The Labute approximate surface area is 59.2 Å². The standard InChI is InChI=1S/C5H9N5/c1-9-3-4-10(2)5(9)7-8-6/h3-5H,1-2H3. The third-order valence-electron chi connectivity index (χ3n) is 1.42. The lowest BCUT2D eigenvalue weighted by Gasteiger charge is -2.21. The minimum atomic E-state index is -0.190. The van der Waals surface area contributed by atoms with Gasteiger partial charge in [0.2, 0.25) is 0 Å². The van der Waals surface area contributed by atoms with E-state index in [-0.39, 0.29) is 6.29 Å². The summed E-state index contributed by atoms with van der Waals surface area (Å²) < 4.78 is 0. The molecule has 0 aromatic carbocycles. The molecule has 1 heterocycles. The first-order chi connectivity index (χ1) is 4.75. The lowest BCUT2D eigenvalue weighted by molar-refractivity contribution is 0.213. The van der Waals surface area contributed by atoms with Crippen LogP contribution in [0.2, 0.25) is 0 Å². The monoisotopic (exact) mass is 139 g/mol. The molecule has 0 amide bonds. The number of azide groups is 1. The first-order valence-electron chi connectivity index (χ1n) is 2.92. The Morgan fingerprint density at radius 2 is 1.90 bits per heavy atom. The Morgan fingerprint density at radius 1 is 1.40 bits per heavy atom. The highest BCUT2D eigenvalue weighted by molar-refractivity contribution is 4.92. The van der Waals surface area contributed by atoms with Gasteiger partial charge in [0.05, 0.1) is 0 Å². The highest BCUT2D eigenvalue weighted by atomic mass is 15.5. The van der Waals surface area contributed by atoms with Gasteiger partial charge >= 0.3 is 0 Å². The molecule has 0 saturated heterocycles. The van der Waals surface area contributed by atoms with E-state index in [1.807, 2.05) is 36.3 Å². The van der Waals surface area contributed by atoms with Gasteiger partial charge in [-0.05, 0) is 10.6 Å². The Bertz CT molecular complexity index is 180. The Morgan fingerprint density at radius 3 is 2.30 bits per heavy atom. The number of rotatable bonds is 1. The zero-order chi connectivity index (χ0) is 7.56. The highest BCUT2D eigenvalue weighted by Gasteiger charge is 2.17. The average Bonchev–Trinajstić information content (AvgIpc) is 2.20. The van der Waals surface area contributed by atoms with E-state index in [9.17, 15) is 0 Å². The van der Waals surface area contributed by atoms with Crippen LogP contribution in [0.25, 0.3) is 10.4 Å². The predicted molar refractivity (Wildman–Crippen MR) is 37.6 cm³/mol. The molecular formula is C5H9N5. The van der Waals surface area contributed by atoms with Crippen molar-refractivity contribution >= 4 is 0 Å². The van der Waals surface area contributed by atoms with Gasteiger partial charge in [0.25, 0.3) is 0 Å². The van der Waals surface area contributed by atoms with E-state index in [1.165, 1.54) is 0 Å². The quantitative estimate of drug-likeness (QED) is 0.308. The Hall–Kier alpha value is -1.35. The van der Waals surface area contributed by atoms with Gasteiger partial charge in [-0.25, -0.2) is 0 Å². The summed E-state index contributed by atoms with van der Waals surface area (Å²) in [5.74, 6) is 0. The van der Waals surface area contributed by atoms with Crippen molar-refractivity contribution < 1.29 is 0 Å². The molecule has 1 rings (SSSR count). The van der Waals surface area contributed by atoms with E-state index in [0.29, 0.717) is 0 Å². The zero-order valence-electron chi connectivity index (χ0n) is 5.97. The van der Waals surface area contributed by atoms with Crippen molar-refractivity contribution in [1.82, 2.24) is 9.80 Å². The van der Waals surface area contributed by atoms with Crippen molar-refractivity contribution in [3.63, 3.8) is 0 Å². The van der Waals surface area contributed by atoms with Crippen LogP contribution < -0.4 is 0 Å². The van der Waals surface area contributed by atoms with Crippen LogP contribution >= 0.6 is 0 Å². The second-order valence-corrected chi connectivity index (χ2v) is 2.18. The van der Waals surface area contributed by atoms with Crippen LogP contribution in [0.4, 0.5) is 0 Å². The van der Waals surface area contributed by atoms with Crippen molar-refractivity contribution in [3.8, 4) is 0 Å². The third kappa shape index (κ3) is 0.989. The molecular weight excluding hydrogens is 130 g/mol. The second kappa shape index (κ2) is 2.49. The smallest absolute Gasteiger partial charge is 0.181 e. The van der Waals surface area contributed by atoms with Gasteiger partial charge in [-0.1, -0.05) is 0 Å². The van der Waals surface area contributed by atoms with Gasteiger partial charge in [0.15, 0.2) is 6.29 Å². The van der Waals surface area contributed by atoms with Crippen molar-refractivity contribution in [2.45, 2.75) is 6.29 Å². The van der Waals surface area contributed by atoms with Crippen LogP contribution in [0, 0.1) is 0 Å². The van der Waals surface area contributed by atoms with Crippen LogP contribution in [0.5, 0.6) is 0 Å². The molecule has 0 aromatic heterocycles. The van der Waals surface area contributed by atoms with E-state index in [2.05, 4.69) is 10.0 Å². The van der Waals surface area contributed by atoms with E-state index < -0.39 is 0 Å². The maximum absolute atomic E-state index is 8.14. The second-order valence-electron chi connectivity index (χ2n) is 2.18. The van der Waals surface area contributed by atoms with Gasteiger partial charge in [-0.3, -0.25) is 0 Å². The summed E-state index contributed by atoms with van der Waals surface area (Å²) in [6, 6.07) is 0. The largest absolute Gasteiger partial charge is 0.354 e. The predicted octanol–water partition coefficient (Wildman–Crippen LogP) is 0.929. The molecule has 0 aliphatic carbocycles. The lowest BCUT2D eigenvalue weighted by atomic mass is 10.7. The molecule has 0 unspecified atom stereocenters. The Balaban J connectivity index is 2.68. The highest BCUT2D eigenvalue weighted by Crippen LogP contribution is 2.11. The van der Waals surface area contributed by atoms with Gasteiger partial charge < -0.3 is 9.80 Å². The van der Waals surface area contributed by atoms with E-state index in [0.717, 1.165) is 0 Å². The molecule has 0 aromatic rings. The lowest BCUT2D eigenvalue weighted by Crippen LogP contribution is -2.31. The van der Waals surface area contributed by atoms with Crippen molar-refractivity contribution in [2.24, 2.45) is 5.11 Å². The fourth-order valence-corrected chi connectivity index (χ4v) is 0.861. The number of hydrogen-bond donors (Lipinski definition) is 0. The van der Waals surface area contributed by atoms with Gasteiger partial charge in [0.1, 0.15) is 0 Å². The van der Waals surface area contributed by atoms with Crippen LogP contribution in [0.3, 0.4) is 0 Å². The topological polar surface area (TPSA) is 55.2 Å². The fraction of sp³-hybridized carbons (Fsp3) is 0.600. The number of nitrogens with zero attached hydrogens (tertiary/aromatic N) is 5. The minimum Gasteiger partial charge on any atom is -0.354 e. The third-order valence-corrected chi connectivity index (χ3v) is 1.42. The first kappa shape index (κ1) is 6.77. The van der Waals surface area contributed by atoms with Crippen LogP contribution in [-0.2, 0) is 0 Å². The minimum absolute atomic E-state index is 0.190. The molecule has 0 saturated carbocycles. The molecule has 10 heavy (non-hydrogen) atoms. The van der Waals surface area contributed by atoms with Crippen LogP contribution in [0.1, 0.15) is 0 Å². The molecule has 1 aliphatic rings. The summed E-state index contributed by atoms with van der Waals surface area (Å²) in [7, 11) is 3.72. The Kier molecular flexibility index (Phi) is 1.69. The molecule has 0 spiro atoms. The fourth-order valence-electron chi connectivity index (χ4n) is 0.861. The first-order valence-corrected chi connectivity index (χ1v) is 2.92. The molecule has 0 atom stereocenters. The summed E-state index contributed by atoms with van der Waals surface area (Å²) in [5.41, 5.74) is 8.14. The van der Waals surface area contributed by atoms with Crippen LogP contribution in [0.15, 0.2) is 17.5 Å².